The van der Waals surface area contributed by atoms with E-state index in [1.165, 1.54) is 24.0 Å². The van der Waals surface area contributed by atoms with E-state index < -0.39 is 0 Å². The third-order valence-corrected chi connectivity index (χ3v) is 7.19. The number of carbonyl (C=O) groups is 2. The zero-order valence-electron chi connectivity index (χ0n) is 17.6. The van der Waals surface area contributed by atoms with E-state index in [0.29, 0.717) is 25.6 Å². The third kappa shape index (κ3) is 4.36. The normalized spacial score (nSPS) is 27.2. The number of likely N-dealkylation sites (tertiary alicyclic amines) is 1. The van der Waals surface area contributed by atoms with E-state index in [2.05, 4.69) is 48.7 Å². The Balaban J connectivity index is 1.44. The van der Waals surface area contributed by atoms with Gasteiger partial charge < -0.3 is 20.3 Å². The minimum Gasteiger partial charge on any atom is -0.447 e. The number of amides is 3. The fourth-order valence-electron chi connectivity index (χ4n) is 5.13. The molecular weight excluding hydrogens is 366 g/mol. The van der Waals surface area contributed by atoms with Crippen LogP contribution in [-0.2, 0) is 4.74 Å². The summed E-state index contributed by atoms with van der Waals surface area (Å²) in [7, 11) is 0. The lowest BCUT2D eigenvalue weighted by Gasteiger charge is -2.39. The maximum Gasteiger partial charge on any atom is 0.407 e. The number of hydrogen-bond donors (Lipinski definition) is 2. The third-order valence-electron chi connectivity index (χ3n) is 7.19. The van der Waals surface area contributed by atoms with Crippen molar-refractivity contribution in [1.82, 2.24) is 15.5 Å². The van der Waals surface area contributed by atoms with Gasteiger partial charge in [0.05, 0.1) is 11.6 Å². The molecule has 1 spiro atoms. The Hall–Kier alpha value is -2.24. The SMILES string of the molecule is Cc1ccccc1C(NC(=O)N1CCC2(CC1)COC(=O)N2)C1CCC(C)CC1. The quantitative estimate of drug-likeness (QED) is 0.802. The number of benzene rings is 1. The summed E-state index contributed by atoms with van der Waals surface area (Å²) in [5.74, 6) is 1.26. The largest absolute Gasteiger partial charge is 0.447 e. The summed E-state index contributed by atoms with van der Waals surface area (Å²) < 4.78 is 5.10. The summed E-state index contributed by atoms with van der Waals surface area (Å²) in [4.78, 5) is 26.5. The molecule has 6 nitrogen and oxygen atoms in total. The van der Waals surface area contributed by atoms with Gasteiger partial charge in [0.2, 0.25) is 0 Å². The Morgan fingerprint density at radius 2 is 1.90 bits per heavy atom. The summed E-state index contributed by atoms with van der Waals surface area (Å²) in [5, 5.41) is 6.32. The van der Waals surface area contributed by atoms with E-state index in [4.69, 9.17) is 4.74 Å². The van der Waals surface area contributed by atoms with Crippen molar-refractivity contribution in [2.75, 3.05) is 19.7 Å². The monoisotopic (exact) mass is 399 g/mol. The molecule has 1 aromatic rings. The van der Waals surface area contributed by atoms with Crippen molar-refractivity contribution in [3.63, 3.8) is 0 Å². The summed E-state index contributed by atoms with van der Waals surface area (Å²) in [5.41, 5.74) is 2.19. The highest BCUT2D eigenvalue weighted by molar-refractivity contribution is 5.75. The number of nitrogens with one attached hydrogen (secondary N) is 2. The fourth-order valence-corrected chi connectivity index (χ4v) is 5.13. The average Bonchev–Trinajstić information content (AvgIpc) is 3.08. The second kappa shape index (κ2) is 8.25. The molecule has 29 heavy (non-hydrogen) atoms. The molecule has 2 saturated heterocycles. The average molecular weight is 400 g/mol. The number of carbonyl (C=O) groups excluding carboxylic acids is 2. The number of piperidine rings is 1. The highest BCUT2D eigenvalue weighted by Crippen LogP contribution is 2.38. The van der Waals surface area contributed by atoms with E-state index in [-0.39, 0.29) is 23.7 Å². The van der Waals surface area contributed by atoms with Crippen molar-refractivity contribution in [1.29, 1.82) is 0 Å². The van der Waals surface area contributed by atoms with Crippen molar-refractivity contribution >= 4 is 12.1 Å². The van der Waals surface area contributed by atoms with E-state index >= 15 is 0 Å². The molecule has 0 bridgehead atoms. The molecule has 2 aliphatic heterocycles. The van der Waals surface area contributed by atoms with Crippen LogP contribution in [-0.4, -0.2) is 42.3 Å². The van der Waals surface area contributed by atoms with Gasteiger partial charge in [0, 0.05) is 13.1 Å². The number of cyclic esters (lactones) is 1. The van der Waals surface area contributed by atoms with Gasteiger partial charge in [-0.2, -0.15) is 0 Å². The number of alkyl carbamates (subject to hydrolysis) is 1. The molecule has 3 fully saturated rings. The molecule has 4 rings (SSSR count). The maximum absolute atomic E-state index is 13.2. The van der Waals surface area contributed by atoms with Crippen LogP contribution >= 0.6 is 0 Å². The van der Waals surface area contributed by atoms with Crippen molar-refractivity contribution in [2.45, 2.75) is 64.0 Å². The molecule has 0 aromatic heterocycles. The van der Waals surface area contributed by atoms with Gasteiger partial charge >= 0.3 is 12.1 Å². The minimum absolute atomic E-state index is 0.0111. The van der Waals surface area contributed by atoms with Crippen LogP contribution in [0.25, 0.3) is 0 Å². The van der Waals surface area contributed by atoms with Gasteiger partial charge in [-0.3, -0.25) is 0 Å². The second-order valence-corrected chi connectivity index (χ2v) is 9.27. The van der Waals surface area contributed by atoms with Gasteiger partial charge in [-0.15, -0.1) is 0 Å². The van der Waals surface area contributed by atoms with Crippen molar-refractivity contribution in [2.24, 2.45) is 11.8 Å². The first-order valence-electron chi connectivity index (χ1n) is 11.0. The Morgan fingerprint density at radius 1 is 1.21 bits per heavy atom. The topological polar surface area (TPSA) is 70.7 Å². The van der Waals surface area contributed by atoms with Crippen LogP contribution in [0.5, 0.6) is 0 Å². The van der Waals surface area contributed by atoms with Crippen LogP contribution in [0.15, 0.2) is 24.3 Å². The molecule has 158 valence electrons. The van der Waals surface area contributed by atoms with Gasteiger partial charge in [0.25, 0.3) is 0 Å². The van der Waals surface area contributed by atoms with Crippen molar-refractivity contribution < 1.29 is 14.3 Å². The zero-order chi connectivity index (χ0) is 20.4. The van der Waals surface area contributed by atoms with Crippen LogP contribution in [0.1, 0.15) is 62.6 Å². The molecule has 0 radical (unpaired) electrons. The van der Waals surface area contributed by atoms with Crippen LogP contribution in [0.2, 0.25) is 0 Å². The Morgan fingerprint density at radius 3 is 2.52 bits per heavy atom. The van der Waals surface area contributed by atoms with Gasteiger partial charge in [-0.1, -0.05) is 44.0 Å². The van der Waals surface area contributed by atoms with Gasteiger partial charge in [0.1, 0.15) is 6.61 Å². The number of rotatable bonds is 3. The van der Waals surface area contributed by atoms with Crippen LogP contribution in [0.3, 0.4) is 0 Å². The summed E-state index contributed by atoms with van der Waals surface area (Å²) in [6, 6.07) is 8.49. The first kappa shape index (κ1) is 20.0. The minimum atomic E-state index is -0.339. The Labute approximate surface area is 173 Å². The van der Waals surface area contributed by atoms with E-state index in [9.17, 15) is 9.59 Å². The van der Waals surface area contributed by atoms with Crippen LogP contribution in [0.4, 0.5) is 9.59 Å². The number of ether oxygens (including phenoxy) is 1. The summed E-state index contributed by atoms with van der Waals surface area (Å²) in [6.45, 7) is 6.14. The van der Waals surface area contributed by atoms with Gasteiger partial charge in [0.15, 0.2) is 0 Å². The Bertz CT molecular complexity index is 749. The maximum atomic E-state index is 13.2. The van der Waals surface area contributed by atoms with Crippen molar-refractivity contribution in [3.05, 3.63) is 35.4 Å². The molecule has 1 saturated carbocycles. The predicted molar refractivity (Wildman–Crippen MR) is 112 cm³/mol. The summed E-state index contributed by atoms with van der Waals surface area (Å²) >= 11 is 0. The molecule has 2 N–H and O–H groups in total. The van der Waals surface area contributed by atoms with E-state index in [1.807, 2.05) is 4.90 Å². The van der Waals surface area contributed by atoms with Gasteiger partial charge in [-0.05, 0) is 55.6 Å². The lowest BCUT2D eigenvalue weighted by atomic mass is 9.76. The number of aryl methyl sites for hydroxylation is 1. The number of nitrogens with zero attached hydrogens (tertiary/aromatic N) is 1. The highest BCUT2D eigenvalue weighted by Gasteiger charge is 2.43. The lowest BCUT2D eigenvalue weighted by molar-refractivity contribution is 0.129. The Kier molecular flexibility index (Phi) is 5.70. The van der Waals surface area contributed by atoms with E-state index in [1.54, 1.807) is 0 Å². The first-order chi connectivity index (χ1) is 14.0. The molecule has 1 aromatic carbocycles. The number of hydrogen-bond acceptors (Lipinski definition) is 3. The molecule has 2 heterocycles. The molecular formula is C23H33N3O3. The standard InChI is InChI=1S/C23H33N3O3/c1-16-7-9-18(10-8-16)20(19-6-4-3-5-17(19)2)24-21(27)26-13-11-23(12-14-26)15-29-22(28)25-23/h3-6,16,18,20H,7-15H2,1-2H3,(H,24,27)(H,25,28). The molecule has 1 atom stereocenters. The molecule has 6 heteroatoms. The van der Waals surface area contributed by atoms with Crippen molar-refractivity contribution in [3.8, 4) is 0 Å². The number of urea groups is 1. The summed E-state index contributed by atoms with van der Waals surface area (Å²) in [6.07, 6.45) is 5.92. The second-order valence-electron chi connectivity index (χ2n) is 9.27. The first-order valence-corrected chi connectivity index (χ1v) is 11.0. The lowest BCUT2D eigenvalue weighted by Crippen LogP contribution is -2.55. The fraction of sp³-hybridized carbons (Fsp3) is 0.652. The van der Waals surface area contributed by atoms with Crippen LogP contribution < -0.4 is 10.6 Å². The molecule has 3 amide bonds. The molecule has 1 aliphatic carbocycles. The predicted octanol–water partition coefficient (Wildman–Crippen LogP) is 4.15. The highest BCUT2D eigenvalue weighted by atomic mass is 16.6. The molecule has 3 aliphatic rings. The smallest absolute Gasteiger partial charge is 0.407 e. The van der Waals surface area contributed by atoms with E-state index in [0.717, 1.165) is 31.6 Å². The van der Waals surface area contributed by atoms with Gasteiger partial charge in [-0.25, -0.2) is 9.59 Å². The zero-order valence-corrected chi connectivity index (χ0v) is 17.6. The van der Waals surface area contributed by atoms with Crippen LogP contribution in [0, 0.1) is 18.8 Å². The molecule has 1 unspecified atom stereocenters.